The van der Waals surface area contributed by atoms with E-state index in [2.05, 4.69) is 12.1 Å². The van der Waals surface area contributed by atoms with Crippen LogP contribution in [0.3, 0.4) is 0 Å². The van der Waals surface area contributed by atoms with Gasteiger partial charge in [0.1, 0.15) is 11.6 Å². The molecule has 6 nitrogen and oxygen atoms in total. The lowest BCUT2D eigenvalue weighted by Crippen LogP contribution is -2.37. The second-order valence-corrected chi connectivity index (χ2v) is 8.99. The zero-order valence-electron chi connectivity index (χ0n) is 20.3. The van der Waals surface area contributed by atoms with E-state index in [1.807, 2.05) is 61.3 Å². The Morgan fingerprint density at radius 3 is 2.44 bits per heavy atom. The predicted molar refractivity (Wildman–Crippen MR) is 137 cm³/mol. The standard InChI is InChI=1S/C29H27FN4O2/c1-20-8-14-24(15-9-20)36-27-25-19-34(28(35)22-10-12-23(30)13-11-22)17-16-26(25)31-29(32-27)33(2)18-21-6-4-3-5-7-21/h3-15H,16-19H2,1-2H3. The Bertz CT molecular complexity index is 1360. The molecular formula is C29H27FN4O2. The summed E-state index contributed by atoms with van der Waals surface area (Å²) in [5.41, 5.74) is 4.38. The first-order valence-electron chi connectivity index (χ1n) is 11.9. The van der Waals surface area contributed by atoms with Gasteiger partial charge in [-0.05, 0) is 48.9 Å². The SMILES string of the molecule is Cc1ccc(Oc2nc(N(C)Cc3ccccc3)nc3c2CN(C(=O)c2ccc(F)cc2)CC3)cc1. The number of rotatable bonds is 6. The Labute approximate surface area is 210 Å². The molecule has 5 rings (SSSR count). The Morgan fingerprint density at radius 1 is 1.00 bits per heavy atom. The van der Waals surface area contributed by atoms with E-state index < -0.39 is 0 Å². The maximum atomic E-state index is 13.4. The lowest BCUT2D eigenvalue weighted by Gasteiger charge is -2.30. The largest absolute Gasteiger partial charge is 0.438 e. The number of amides is 1. The van der Waals surface area contributed by atoms with E-state index in [1.54, 1.807) is 4.90 Å². The maximum absolute atomic E-state index is 13.4. The molecule has 0 atom stereocenters. The van der Waals surface area contributed by atoms with E-state index in [1.165, 1.54) is 24.3 Å². The summed E-state index contributed by atoms with van der Waals surface area (Å²) in [5.74, 6) is 1.14. The van der Waals surface area contributed by atoms with Crippen molar-refractivity contribution in [3.8, 4) is 11.6 Å². The molecule has 0 bridgehead atoms. The molecule has 182 valence electrons. The summed E-state index contributed by atoms with van der Waals surface area (Å²) in [4.78, 5) is 26.5. The molecule has 0 unspecified atom stereocenters. The molecule has 4 aromatic rings. The normalized spacial score (nSPS) is 12.7. The van der Waals surface area contributed by atoms with Crippen LogP contribution in [0, 0.1) is 12.7 Å². The van der Waals surface area contributed by atoms with E-state index in [0.29, 0.717) is 49.2 Å². The van der Waals surface area contributed by atoms with Crippen molar-refractivity contribution in [2.75, 3.05) is 18.5 Å². The highest BCUT2D eigenvalue weighted by Gasteiger charge is 2.28. The van der Waals surface area contributed by atoms with Crippen molar-refractivity contribution in [1.82, 2.24) is 14.9 Å². The summed E-state index contributed by atoms with van der Waals surface area (Å²) in [5, 5.41) is 0. The number of aryl methyl sites for hydroxylation is 1. The first kappa shape index (κ1) is 23.5. The molecule has 1 amide bonds. The van der Waals surface area contributed by atoms with Crippen molar-refractivity contribution in [2.45, 2.75) is 26.4 Å². The molecule has 0 spiro atoms. The van der Waals surface area contributed by atoms with Crippen LogP contribution in [0.2, 0.25) is 0 Å². The van der Waals surface area contributed by atoms with Gasteiger partial charge in [0, 0.05) is 32.1 Å². The number of carbonyl (C=O) groups excluding carboxylic acids is 1. The van der Waals surface area contributed by atoms with Crippen LogP contribution in [-0.2, 0) is 19.5 Å². The van der Waals surface area contributed by atoms with E-state index >= 15 is 0 Å². The lowest BCUT2D eigenvalue weighted by molar-refractivity contribution is 0.0732. The summed E-state index contributed by atoms with van der Waals surface area (Å²) in [6.07, 6.45) is 0.571. The van der Waals surface area contributed by atoms with Crippen LogP contribution in [0.5, 0.6) is 11.6 Å². The van der Waals surface area contributed by atoms with Crippen molar-refractivity contribution in [3.05, 3.63) is 113 Å². The number of fused-ring (bicyclic) bond motifs is 1. The molecule has 2 heterocycles. The first-order valence-corrected chi connectivity index (χ1v) is 11.9. The molecule has 1 aliphatic rings. The quantitative estimate of drug-likeness (QED) is 0.361. The summed E-state index contributed by atoms with van der Waals surface area (Å²) in [6.45, 7) is 3.49. The van der Waals surface area contributed by atoms with Crippen LogP contribution in [0.25, 0.3) is 0 Å². The molecule has 1 aromatic heterocycles. The summed E-state index contributed by atoms with van der Waals surface area (Å²) in [7, 11) is 1.96. The third-order valence-corrected chi connectivity index (χ3v) is 6.23. The molecule has 1 aliphatic heterocycles. The van der Waals surface area contributed by atoms with Crippen LogP contribution in [0.15, 0.2) is 78.9 Å². The van der Waals surface area contributed by atoms with Crippen molar-refractivity contribution >= 4 is 11.9 Å². The average Bonchev–Trinajstić information content (AvgIpc) is 2.90. The number of halogens is 1. The zero-order valence-corrected chi connectivity index (χ0v) is 20.3. The topological polar surface area (TPSA) is 58.6 Å². The van der Waals surface area contributed by atoms with Gasteiger partial charge in [-0.1, -0.05) is 48.0 Å². The summed E-state index contributed by atoms with van der Waals surface area (Å²) in [6, 6.07) is 23.5. The highest BCUT2D eigenvalue weighted by molar-refractivity contribution is 5.94. The van der Waals surface area contributed by atoms with Gasteiger partial charge in [0.25, 0.3) is 5.91 Å². The number of anilines is 1. The van der Waals surface area contributed by atoms with Crippen LogP contribution >= 0.6 is 0 Å². The molecule has 3 aromatic carbocycles. The Morgan fingerprint density at radius 2 is 1.72 bits per heavy atom. The molecule has 7 heteroatoms. The van der Waals surface area contributed by atoms with Gasteiger partial charge < -0.3 is 14.5 Å². The monoisotopic (exact) mass is 482 g/mol. The molecule has 0 aliphatic carbocycles. The van der Waals surface area contributed by atoms with E-state index in [0.717, 1.165) is 22.4 Å². The van der Waals surface area contributed by atoms with Crippen molar-refractivity contribution in [2.24, 2.45) is 0 Å². The fourth-order valence-corrected chi connectivity index (χ4v) is 4.22. The second-order valence-electron chi connectivity index (χ2n) is 8.99. The molecular weight excluding hydrogens is 455 g/mol. The molecule has 0 N–H and O–H groups in total. The molecule has 0 saturated carbocycles. The van der Waals surface area contributed by atoms with Gasteiger partial charge in [0.05, 0.1) is 17.8 Å². The van der Waals surface area contributed by atoms with E-state index in [9.17, 15) is 9.18 Å². The highest BCUT2D eigenvalue weighted by atomic mass is 19.1. The third-order valence-electron chi connectivity index (χ3n) is 6.23. The van der Waals surface area contributed by atoms with Crippen LogP contribution in [0.4, 0.5) is 10.3 Å². The number of hydrogen-bond acceptors (Lipinski definition) is 5. The van der Waals surface area contributed by atoms with Crippen LogP contribution in [0.1, 0.15) is 32.7 Å². The molecule has 36 heavy (non-hydrogen) atoms. The number of ether oxygens (including phenoxy) is 1. The molecule has 0 fully saturated rings. The van der Waals surface area contributed by atoms with E-state index in [-0.39, 0.29) is 11.7 Å². The van der Waals surface area contributed by atoms with Crippen molar-refractivity contribution < 1.29 is 13.9 Å². The second kappa shape index (κ2) is 10.2. The highest BCUT2D eigenvalue weighted by Crippen LogP contribution is 2.32. The van der Waals surface area contributed by atoms with Gasteiger partial charge in [-0.2, -0.15) is 4.98 Å². The fraction of sp³-hybridized carbons (Fsp3) is 0.207. The van der Waals surface area contributed by atoms with Gasteiger partial charge in [0.2, 0.25) is 11.8 Å². The third kappa shape index (κ3) is 5.20. The van der Waals surface area contributed by atoms with Crippen LogP contribution in [-0.4, -0.2) is 34.4 Å². The van der Waals surface area contributed by atoms with Gasteiger partial charge in [-0.15, -0.1) is 0 Å². The Balaban J connectivity index is 1.46. The van der Waals surface area contributed by atoms with E-state index in [4.69, 9.17) is 14.7 Å². The number of carbonyl (C=O) groups is 1. The average molecular weight is 483 g/mol. The predicted octanol–water partition coefficient (Wildman–Crippen LogP) is 5.55. The number of nitrogens with zero attached hydrogens (tertiary/aromatic N) is 4. The summed E-state index contributed by atoms with van der Waals surface area (Å²) < 4.78 is 19.6. The number of hydrogen-bond donors (Lipinski definition) is 0. The zero-order chi connectivity index (χ0) is 25.1. The number of benzene rings is 3. The van der Waals surface area contributed by atoms with Gasteiger partial charge in [0.15, 0.2) is 0 Å². The minimum atomic E-state index is -0.370. The van der Waals surface area contributed by atoms with Crippen molar-refractivity contribution in [1.29, 1.82) is 0 Å². The first-order chi connectivity index (χ1) is 17.5. The number of aromatic nitrogens is 2. The lowest BCUT2D eigenvalue weighted by atomic mass is 10.0. The van der Waals surface area contributed by atoms with Gasteiger partial charge in [-0.25, -0.2) is 9.37 Å². The maximum Gasteiger partial charge on any atom is 0.254 e. The Kier molecular flexibility index (Phi) is 6.62. The van der Waals surface area contributed by atoms with Crippen molar-refractivity contribution in [3.63, 3.8) is 0 Å². The summed E-state index contributed by atoms with van der Waals surface area (Å²) >= 11 is 0. The van der Waals surface area contributed by atoms with Crippen LogP contribution < -0.4 is 9.64 Å². The minimum Gasteiger partial charge on any atom is -0.438 e. The Hall–Kier alpha value is -4.26. The molecule has 0 saturated heterocycles. The fourth-order valence-electron chi connectivity index (χ4n) is 4.22. The van der Waals surface area contributed by atoms with Gasteiger partial charge >= 0.3 is 0 Å². The molecule has 0 radical (unpaired) electrons. The van der Waals surface area contributed by atoms with Gasteiger partial charge in [-0.3, -0.25) is 4.79 Å². The smallest absolute Gasteiger partial charge is 0.254 e. The minimum absolute atomic E-state index is 0.160.